The van der Waals surface area contributed by atoms with Gasteiger partial charge < -0.3 is 24.1 Å². The number of imidazole rings is 1. The molecule has 0 bridgehead atoms. The Balaban J connectivity index is 0.000000162. The number of hydrogen-bond donors (Lipinski definition) is 1. The number of nitro benzene ring substituents is 2. The van der Waals surface area contributed by atoms with Crippen LogP contribution < -0.4 is 10.1 Å². The Morgan fingerprint density at radius 1 is 0.703 bits per heavy atom. The third-order valence-electron chi connectivity index (χ3n) is 12.5. The second-order valence-corrected chi connectivity index (χ2v) is 21.1. The number of aryl methyl sites for hydroxylation is 2. The van der Waals surface area contributed by atoms with Crippen molar-refractivity contribution in [3.63, 3.8) is 0 Å². The van der Waals surface area contributed by atoms with E-state index in [-0.39, 0.29) is 23.3 Å². The molecule has 14 nitrogen and oxygen atoms in total. The van der Waals surface area contributed by atoms with Crippen molar-refractivity contribution in [1.82, 2.24) is 9.55 Å². The van der Waals surface area contributed by atoms with Gasteiger partial charge in [0, 0.05) is 98.0 Å². The number of nitro groups is 2. The Morgan fingerprint density at radius 3 is 1.84 bits per heavy atom. The van der Waals surface area contributed by atoms with Gasteiger partial charge >= 0.3 is 11.9 Å². The molecule has 74 heavy (non-hydrogen) atoms. The zero-order valence-electron chi connectivity index (χ0n) is 41.7. The Labute approximate surface area is 449 Å². The average Bonchev–Trinajstić information content (AvgIpc) is 4.15. The highest BCUT2D eigenvalue weighted by Gasteiger charge is 2.28. The number of benzene rings is 4. The van der Waals surface area contributed by atoms with Gasteiger partial charge in [-0.3, -0.25) is 20.2 Å². The first kappa shape index (κ1) is 54.8. The lowest BCUT2D eigenvalue weighted by molar-refractivity contribution is -0.385. The zero-order valence-corrected chi connectivity index (χ0v) is 44.9. The van der Waals surface area contributed by atoms with Crippen molar-refractivity contribution >= 4 is 85.8 Å². The molecule has 2 aliphatic carbocycles. The van der Waals surface area contributed by atoms with Crippen LogP contribution in [0.15, 0.2) is 110 Å². The molecule has 4 aromatic carbocycles. The number of thiophene rings is 2. The van der Waals surface area contributed by atoms with Crippen LogP contribution in [0.4, 0.5) is 17.1 Å². The minimum Gasteiger partial charge on any atom is -0.497 e. The summed E-state index contributed by atoms with van der Waals surface area (Å²) in [4.78, 5) is 56.6. The molecule has 9 rings (SSSR count). The Kier molecular flexibility index (Phi) is 19.5. The van der Waals surface area contributed by atoms with Crippen molar-refractivity contribution < 1.29 is 33.6 Å². The predicted octanol–water partition coefficient (Wildman–Crippen LogP) is 12.9. The lowest BCUT2D eigenvalue weighted by atomic mass is 9.94. The predicted molar refractivity (Wildman–Crippen MR) is 301 cm³/mol. The highest BCUT2D eigenvalue weighted by Crippen LogP contribution is 2.37. The van der Waals surface area contributed by atoms with E-state index in [0.717, 1.165) is 86.9 Å². The first-order chi connectivity index (χ1) is 35.8. The lowest BCUT2D eigenvalue weighted by Crippen LogP contribution is -2.13. The molecule has 3 aromatic heterocycles. The van der Waals surface area contributed by atoms with Crippen LogP contribution in [-0.2, 0) is 60.8 Å². The van der Waals surface area contributed by atoms with Crippen LogP contribution >= 0.6 is 47.1 Å². The Hall–Kier alpha value is -6.99. The van der Waals surface area contributed by atoms with Gasteiger partial charge in [0.25, 0.3) is 11.4 Å². The number of non-ortho nitro benzene ring substituents is 2. The SMILES string of the molecule is CCOC(=O)c1c(CC(=S)Cc2cccc(OC)c2)sc2c1CCCC2.CNc1ccc([N+](=O)[O-])cc1-n1cnc(-c2ccc([N+](=O)[O-])cc2)c1.COC(=O)c1c(CC(=S)Cc2ccccc2)sc2c1CCCC2. The smallest absolute Gasteiger partial charge is 0.339 e. The maximum atomic E-state index is 12.5. The van der Waals surface area contributed by atoms with E-state index in [1.54, 1.807) is 65.8 Å². The maximum absolute atomic E-state index is 12.5. The molecule has 0 spiro atoms. The summed E-state index contributed by atoms with van der Waals surface area (Å²) in [6, 6.07) is 28.7. The van der Waals surface area contributed by atoms with Gasteiger partial charge in [-0.1, -0.05) is 66.9 Å². The molecule has 3 heterocycles. The third-order valence-corrected chi connectivity index (χ3v) is 15.7. The molecule has 1 N–H and O–H groups in total. The molecule has 0 saturated heterocycles. The van der Waals surface area contributed by atoms with Gasteiger partial charge in [0.1, 0.15) is 5.75 Å². The largest absolute Gasteiger partial charge is 0.497 e. The number of aromatic nitrogens is 2. The first-order valence-corrected chi connectivity index (χ1v) is 26.7. The van der Waals surface area contributed by atoms with Crippen LogP contribution in [0.2, 0.25) is 0 Å². The van der Waals surface area contributed by atoms with Crippen molar-refractivity contribution in [2.24, 2.45) is 0 Å². The van der Waals surface area contributed by atoms with E-state index in [4.69, 9.17) is 38.6 Å². The minimum atomic E-state index is -0.468. The molecule has 0 atom stereocenters. The molecular weight excluding hydrogens is 1010 g/mol. The second-order valence-electron chi connectivity index (χ2n) is 17.5. The summed E-state index contributed by atoms with van der Waals surface area (Å²) in [5.41, 5.74) is 8.93. The molecule has 0 unspecified atom stereocenters. The van der Waals surface area contributed by atoms with E-state index in [9.17, 15) is 29.8 Å². The highest BCUT2D eigenvalue weighted by molar-refractivity contribution is 7.80. The number of thiocarbonyl (C=S) groups is 2. The summed E-state index contributed by atoms with van der Waals surface area (Å²) >= 11 is 14.8. The summed E-state index contributed by atoms with van der Waals surface area (Å²) in [6.45, 7) is 2.25. The van der Waals surface area contributed by atoms with E-state index in [0.29, 0.717) is 48.5 Å². The fourth-order valence-electron chi connectivity index (χ4n) is 9.01. The molecule has 0 saturated carbocycles. The van der Waals surface area contributed by atoms with Crippen molar-refractivity contribution in [3.05, 3.63) is 183 Å². The van der Waals surface area contributed by atoms with Gasteiger partial charge in [-0.25, -0.2) is 14.6 Å². The fourth-order valence-corrected chi connectivity index (χ4v) is 12.7. The van der Waals surface area contributed by atoms with Crippen LogP contribution in [-0.4, -0.2) is 68.9 Å². The maximum Gasteiger partial charge on any atom is 0.339 e. The van der Waals surface area contributed by atoms with Crippen molar-refractivity contribution in [1.29, 1.82) is 0 Å². The van der Waals surface area contributed by atoms with Crippen LogP contribution in [0.3, 0.4) is 0 Å². The highest BCUT2D eigenvalue weighted by atomic mass is 32.1. The average molecular weight is 1070 g/mol. The summed E-state index contributed by atoms with van der Waals surface area (Å²) in [6.07, 6.45) is 14.9. The van der Waals surface area contributed by atoms with Crippen LogP contribution in [0.5, 0.6) is 5.75 Å². The number of methoxy groups -OCH3 is 2. The molecule has 0 fully saturated rings. The van der Waals surface area contributed by atoms with Crippen LogP contribution in [0.1, 0.15) is 95.1 Å². The van der Waals surface area contributed by atoms with E-state index >= 15 is 0 Å². The molecule has 2 aliphatic rings. The number of fused-ring (bicyclic) bond motifs is 2. The van der Waals surface area contributed by atoms with Crippen molar-refractivity contribution in [3.8, 4) is 22.7 Å². The van der Waals surface area contributed by atoms with E-state index in [1.165, 1.54) is 77.0 Å². The molecule has 384 valence electrons. The minimum absolute atomic E-state index is 0.000615. The van der Waals surface area contributed by atoms with Crippen LogP contribution in [0, 0.1) is 20.2 Å². The van der Waals surface area contributed by atoms with Crippen molar-refractivity contribution in [2.75, 3.05) is 33.2 Å². The molecule has 18 heteroatoms. The van der Waals surface area contributed by atoms with Gasteiger partial charge in [0.2, 0.25) is 0 Å². The number of esters is 2. The summed E-state index contributed by atoms with van der Waals surface area (Å²) in [5.74, 6) is 0.442. The number of carbonyl (C=O) groups excluding carboxylic acids is 2. The number of ether oxygens (including phenoxy) is 3. The van der Waals surface area contributed by atoms with Crippen molar-refractivity contribution in [2.45, 2.75) is 84.0 Å². The topological polar surface area (TPSA) is 178 Å². The number of anilines is 1. The summed E-state index contributed by atoms with van der Waals surface area (Å²) < 4.78 is 17.3. The first-order valence-electron chi connectivity index (χ1n) is 24.3. The van der Waals surface area contributed by atoms with Gasteiger partial charge in [-0.2, -0.15) is 0 Å². The second kappa shape index (κ2) is 26.3. The van der Waals surface area contributed by atoms with Gasteiger partial charge in [-0.05, 0) is 111 Å². The third kappa shape index (κ3) is 14.0. The molecular formula is C56H57N5O9S4. The number of nitrogens with one attached hydrogen (secondary N) is 1. The summed E-state index contributed by atoms with van der Waals surface area (Å²) in [7, 11) is 4.85. The lowest BCUT2D eigenvalue weighted by Gasteiger charge is -2.12. The monoisotopic (exact) mass is 1070 g/mol. The number of carbonyl (C=O) groups is 2. The number of hydrogen-bond acceptors (Lipinski definition) is 15. The van der Waals surface area contributed by atoms with Crippen LogP contribution in [0.25, 0.3) is 16.9 Å². The van der Waals surface area contributed by atoms with Gasteiger partial charge in [0.15, 0.2) is 0 Å². The normalized spacial score (nSPS) is 12.3. The fraction of sp³-hybridized carbons (Fsp3) is 0.304. The quantitative estimate of drug-likeness (QED) is 0.0395. The molecule has 7 aromatic rings. The van der Waals surface area contributed by atoms with Gasteiger partial charge in [0.05, 0.1) is 65.2 Å². The summed E-state index contributed by atoms with van der Waals surface area (Å²) in [5, 5.41) is 24.7. The van der Waals surface area contributed by atoms with E-state index < -0.39 is 9.85 Å². The van der Waals surface area contributed by atoms with Gasteiger partial charge in [-0.15, -0.1) is 22.7 Å². The standard InChI is InChI=1S/C21H24O3S2.C19H20O2S2.C16H13N5O4/c1-3-24-21(22)20-17-9-4-5-10-18(17)26-19(20)13-16(25)12-14-7-6-8-15(11-14)23-2;1-21-19(20)18-15-9-5-6-10-16(15)23-17(18)12-14(22)11-13-7-3-2-4-8-13;1-17-14-7-6-13(21(24)25)8-16(14)19-9-15(18-10-19)11-2-4-12(5-3-11)20(22)23/h6-8,11H,3-5,9-10,12-13H2,1-2H3;2-4,7-8H,5-6,9-12H2,1H3;2-10,17H,1H3. The number of nitrogens with zero attached hydrogens (tertiary/aromatic N) is 4. The zero-order chi connectivity index (χ0) is 52.7. The number of rotatable bonds is 17. The Bertz CT molecular complexity index is 3150. The molecule has 0 aliphatic heterocycles. The molecule has 0 radical (unpaired) electrons. The van der Waals surface area contributed by atoms with E-state index in [1.807, 2.05) is 43.3 Å². The van der Waals surface area contributed by atoms with E-state index in [2.05, 4.69) is 28.5 Å². The molecule has 0 amide bonds. The Morgan fingerprint density at radius 2 is 1.27 bits per heavy atom.